The molecule has 2 N–H and O–H groups in total. The largest absolute Gasteiger partial charge is 0.488 e. The Morgan fingerprint density at radius 3 is 2.67 bits per heavy atom. The van der Waals surface area contributed by atoms with Gasteiger partial charge in [-0.25, -0.2) is 0 Å². The first-order valence-electron chi connectivity index (χ1n) is 9.47. The van der Waals surface area contributed by atoms with Gasteiger partial charge in [-0.2, -0.15) is 0 Å². The summed E-state index contributed by atoms with van der Waals surface area (Å²) in [4.78, 5) is 19.0. The molecule has 6 nitrogen and oxygen atoms in total. The number of ether oxygens (including phenoxy) is 1. The molecule has 6 heteroatoms. The second-order valence-electron chi connectivity index (χ2n) is 6.94. The highest BCUT2D eigenvalue weighted by Crippen LogP contribution is 2.25. The molecule has 0 bridgehead atoms. The highest BCUT2D eigenvalue weighted by Gasteiger charge is 2.13. The summed E-state index contributed by atoms with van der Waals surface area (Å²) in [5.41, 5.74) is 3.63. The number of hydrogen-bond acceptors (Lipinski definition) is 5. The van der Waals surface area contributed by atoms with Gasteiger partial charge in [0.05, 0.1) is 0 Å². The zero-order chi connectivity index (χ0) is 19.1. The maximum absolute atomic E-state index is 12.5. The molecular formula is C21H28N4O2. The quantitative estimate of drug-likeness (QED) is 0.782. The average molecular weight is 368 g/mol. The van der Waals surface area contributed by atoms with Gasteiger partial charge in [0, 0.05) is 62.8 Å². The van der Waals surface area contributed by atoms with Crippen molar-refractivity contribution in [3.63, 3.8) is 0 Å². The van der Waals surface area contributed by atoms with Crippen molar-refractivity contribution in [2.24, 2.45) is 0 Å². The van der Waals surface area contributed by atoms with E-state index in [0.29, 0.717) is 18.7 Å². The number of aromatic nitrogens is 1. The minimum Gasteiger partial charge on any atom is -0.488 e. The van der Waals surface area contributed by atoms with Crippen LogP contribution in [0.2, 0.25) is 0 Å². The first-order chi connectivity index (χ1) is 13.1. The van der Waals surface area contributed by atoms with Crippen molar-refractivity contribution in [1.29, 1.82) is 0 Å². The van der Waals surface area contributed by atoms with Crippen molar-refractivity contribution in [3.05, 3.63) is 58.9 Å². The minimum absolute atomic E-state index is 0.0323. The molecule has 0 radical (unpaired) electrons. The van der Waals surface area contributed by atoms with Crippen molar-refractivity contribution >= 4 is 5.91 Å². The van der Waals surface area contributed by atoms with Crippen LogP contribution in [0.1, 0.15) is 27.0 Å². The lowest BCUT2D eigenvalue weighted by Crippen LogP contribution is -2.46. The summed E-state index contributed by atoms with van der Waals surface area (Å²) in [5.74, 6) is 0.798. The Bertz CT molecular complexity index is 735. The summed E-state index contributed by atoms with van der Waals surface area (Å²) < 4.78 is 5.96. The first-order valence-corrected chi connectivity index (χ1v) is 9.47. The molecular weight excluding hydrogens is 340 g/mol. The summed E-state index contributed by atoms with van der Waals surface area (Å²) in [5, 5.41) is 6.36. The number of piperazine rings is 1. The third-order valence-corrected chi connectivity index (χ3v) is 4.75. The predicted octanol–water partition coefficient (Wildman–Crippen LogP) is 1.91. The van der Waals surface area contributed by atoms with Gasteiger partial charge in [-0.05, 0) is 43.2 Å². The number of amides is 1. The monoisotopic (exact) mass is 368 g/mol. The van der Waals surface area contributed by atoms with E-state index in [1.165, 1.54) is 0 Å². The van der Waals surface area contributed by atoms with Crippen LogP contribution < -0.4 is 15.4 Å². The molecule has 1 amide bonds. The van der Waals surface area contributed by atoms with Gasteiger partial charge in [0.25, 0.3) is 5.91 Å². The number of aryl methyl sites for hydroxylation is 2. The van der Waals surface area contributed by atoms with Crippen LogP contribution in [-0.2, 0) is 6.61 Å². The summed E-state index contributed by atoms with van der Waals surface area (Å²) in [6, 6.07) is 7.67. The van der Waals surface area contributed by atoms with Gasteiger partial charge in [-0.1, -0.05) is 6.07 Å². The third-order valence-electron chi connectivity index (χ3n) is 4.75. The lowest BCUT2D eigenvalue weighted by atomic mass is 10.0. The van der Waals surface area contributed by atoms with Crippen molar-refractivity contribution in [3.8, 4) is 5.75 Å². The molecule has 2 heterocycles. The van der Waals surface area contributed by atoms with E-state index < -0.39 is 0 Å². The van der Waals surface area contributed by atoms with Crippen LogP contribution in [0.15, 0.2) is 36.7 Å². The van der Waals surface area contributed by atoms with E-state index >= 15 is 0 Å². The van der Waals surface area contributed by atoms with Gasteiger partial charge in [-0.3, -0.25) is 14.7 Å². The third kappa shape index (κ3) is 5.52. The topological polar surface area (TPSA) is 66.5 Å². The molecule has 1 aliphatic rings. The molecule has 0 spiro atoms. The molecule has 0 aliphatic carbocycles. The van der Waals surface area contributed by atoms with Gasteiger partial charge < -0.3 is 15.4 Å². The van der Waals surface area contributed by atoms with Gasteiger partial charge in [0.15, 0.2) is 0 Å². The maximum atomic E-state index is 12.5. The number of pyridine rings is 1. The number of nitrogens with zero attached hydrogens (tertiary/aromatic N) is 2. The van der Waals surface area contributed by atoms with Crippen LogP contribution in [0, 0.1) is 13.8 Å². The highest BCUT2D eigenvalue weighted by molar-refractivity contribution is 5.94. The van der Waals surface area contributed by atoms with E-state index in [4.69, 9.17) is 4.74 Å². The predicted molar refractivity (Wildman–Crippen MR) is 106 cm³/mol. The second-order valence-corrected chi connectivity index (χ2v) is 6.94. The fourth-order valence-electron chi connectivity index (χ4n) is 3.31. The Kier molecular flexibility index (Phi) is 6.79. The molecule has 2 aromatic rings. The Hall–Kier alpha value is -2.44. The maximum Gasteiger partial charge on any atom is 0.251 e. The van der Waals surface area contributed by atoms with Crippen molar-refractivity contribution in [2.75, 3.05) is 39.3 Å². The van der Waals surface area contributed by atoms with E-state index in [2.05, 4.69) is 20.5 Å². The summed E-state index contributed by atoms with van der Waals surface area (Å²) >= 11 is 0. The number of rotatable bonds is 7. The molecule has 0 atom stereocenters. The summed E-state index contributed by atoms with van der Waals surface area (Å²) in [6.07, 6.45) is 3.54. The van der Waals surface area contributed by atoms with E-state index in [0.717, 1.165) is 55.2 Å². The second kappa shape index (κ2) is 9.48. The normalized spacial score (nSPS) is 14.7. The van der Waals surface area contributed by atoms with Gasteiger partial charge in [0.1, 0.15) is 12.4 Å². The van der Waals surface area contributed by atoms with Crippen LogP contribution in [0.25, 0.3) is 0 Å². The van der Waals surface area contributed by atoms with Crippen LogP contribution in [0.3, 0.4) is 0 Å². The molecule has 1 aliphatic heterocycles. The summed E-state index contributed by atoms with van der Waals surface area (Å²) in [7, 11) is 0. The first kappa shape index (κ1) is 19.3. The van der Waals surface area contributed by atoms with Gasteiger partial charge in [0.2, 0.25) is 0 Å². The van der Waals surface area contributed by atoms with Gasteiger partial charge in [-0.15, -0.1) is 0 Å². The Morgan fingerprint density at radius 2 is 2.00 bits per heavy atom. The standard InChI is InChI=1S/C21H28N4O2/c1-16-12-19(21(26)24-8-11-25-9-6-22-7-10-25)13-17(2)20(16)27-15-18-4-3-5-23-14-18/h3-5,12-14,22H,6-11,15H2,1-2H3,(H,24,26). The molecule has 144 valence electrons. The fraction of sp³-hybridized carbons (Fsp3) is 0.429. The molecule has 0 unspecified atom stereocenters. The lowest BCUT2D eigenvalue weighted by Gasteiger charge is -2.27. The van der Waals surface area contributed by atoms with E-state index in [1.807, 2.05) is 38.1 Å². The minimum atomic E-state index is -0.0323. The molecule has 1 aromatic carbocycles. The van der Waals surface area contributed by atoms with Crippen molar-refractivity contribution in [2.45, 2.75) is 20.5 Å². The molecule has 1 aromatic heterocycles. The lowest BCUT2D eigenvalue weighted by molar-refractivity contribution is 0.0947. The molecule has 27 heavy (non-hydrogen) atoms. The van der Waals surface area contributed by atoms with E-state index in [-0.39, 0.29) is 5.91 Å². The smallest absolute Gasteiger partial charge is 0.251 e. The van der Waals surface area contributed by atoms with Crippen molar-refractivity contribution < 1.29 is 9.53 Å². The molecule has 1 fully saturated rings. The fourth-order valence-corrected chi connectivity index (χ4v) is 3.31. The SMILES string of the molecule is Cc1cc(C(=O)NCCN2CCNCC2)cc(C)c1OCc1cccnc1. The van der Waals surface area contributed by atoms with Crippen LogP contribution >= 0.6 is 0 Å². The zero-order valence-corrected chi connectivity index (χ0v) is 16.1. The Labute approximate surface area is 160 Å². The number of benzene rings is 1. The zero-order valence-electron chi connectivity index (χ0n) is 16.1. The highest BCUT2D eigenvalue weighted by atomic mass is 16.5. The Morgan fingerprint density at radius 1 is 1.26 bits per heavy atom. The summed E-state index contributed by atoms with van der Waals surface area (Å²) in [6.45, 7) is 10.1. The molecule has 0 saturated carbocycles. The molecule has 1 saturated heterocycles. The van der Waals surface area contributed by atoms with Crippen molar-refractivity contribution in [1.82, 2.24) is 20.5 Å². The van der Waals surface area contributed by atoms with Crippen LogP contribution in [-0.4, -0.2) is 55.1 Å². The average Bonchev–Trinajstić information content (AvgIpc) is 2.69. The van der Waals surface area contributed by atoms with Crippen LogP contribution in [0.5, 0.6) is 5.75 Å². The molecule has 3 rings (SSSR count). The van der Waals surface area contributed by atoms with Crippen LogP contribution in [0.4, 0.5) is 0 Å². The number of nitrogens with one attached hydrogen (secondary N) is 2. The number of carbonyl (C=O) groups excluding carboxylic acids is 1. The van der Waals surface area contributed by atoms with Gasteiger partial charge >= 0.3 is 0 Å². The number of carbonyl (C=O) groups is 1. The number of hydrogen-bond donors (Lipinski definition) is 2. The Balaban J connectivity index is 1.55. The van der Waals surface area contributed by atoms with E-state index in [1.54, 1.807) is 12.4 Å². The van der Waals surface area contributed by atoms with E-state index in [9.17, 15) is 4.79 Å².